The molecule has 3 aromatic rings. The Morgan fingerprint density at radius 2 is 1.93 bits per heavy atom. The highest BCUT2D eigenvalue weighted by atomic mass is 32.1. The summed E-state index contributed by atoms with van der Waals surface area (Å²) in [7, 11) is 4.67. The molecule has 1 aliphatic rings. The molecule has 0 saturated carbocycles. The van der Waals surface area contributed by atoms with Gasteiger partial charge in [0.1, 0.15) is 16.3 Å². The molecule has 0 fully saturated rings. The highest BCUT2D eigenvalue weighted by molar-refractivity contribution is 7.18. The average molecular weight is 415 g/mol. The van der Waals surface area contributed by atoms with Gasteiger partial charge in [-0.15, -0.1) is 11.3 Å². The van der Waals surface area contributed by atoms with Crippen LogP contribution in [0.3, 0.4) is 0 Å². The van der Waals surface area contributed by atoms with E-state index in [0.29, 0.717) is 46.9 Å². The minimum atomic E-state index is -0.451. The lowest BCUT2D eigenvalue weighted by molar-refractivity contribution is -0.129. The predicted molar refractivity (Wildman–Crippen MR) is 111 cm³/mol. The third-order valence-corrected chi connectivity index (χ3v) is 6.60. The Bertz CT molecular complexity index is 1250. The fraction of sp³-hybridized carbons (Fsp3) is 0.350. The number of nitrogens with zero attached hydrogens (tertiary/aromatic N) is 3. The van der Waals surface area contributed by atoms with Crippen LogP contribution >= 0.6 is 11.3 Å². The second kappa shape index (κ2) is 7.07. The van der Waals surface area contributed by atoms with Gasteiger partial charge < -0.3 is 14.4 Å². The van der Waals surface area contributed by atoms with Gasteiger partial charge in [0, 0.05) is 31.5 Å². The molecule has 152 valence electrons. The number of fused-ring (bicyclic) bond motifs is 3. The van der Waals surface area contributed by atoms with Gasteiger partial charge in [-0.25, -0.2) is 9.36 Å². The molecule has 8 nitrogen and oxygen atoms in total. The summed E-state index contributed by atoms with van der Waals surface area (Å²) in [5, 5.41) is 0.535. The second-order valence-corrected chi connectivity index (χ2v) is 7.98. The van der Waals surface area contributed by atoms with Gasteiger partial charge in [-0.05, 0) is 24.1 Å². The first-order valence-corrected chi connectivity index (χ1v) is 9.93. The Balaban J connectivity index is 2.00. The molecule has 1 amide bonds. The molecule has 29 heavy (non-hydrogen) atoms. The summed E-state index contributed by atoms with van der Waals surface area (Å²) in [5.41, 5.74) is 0.458. The van der Waals surface area contributed by atoms with Gasteiger partial charge in [0.25, 0.3) is 5.56 Å². The van der Waals surface area contributed by atoms with E-state index >= 15 is 0 Å². The number of hydrogen-bond donors (Lipinski definition) is 0. The summed E-state index contributed by atoms with van der Waals surface area (Å²) in [4.78, 5) is 41.6. The van der Waals surface area contributed by atoms with E-state index in [1.54, 1.807) is 30.1 Å². The topological polar surface area (TPSA) is 82.8 Å². The fourth-order valence-corrected chi connectivity index (χ4v) is 5.04. The number of aromatic nitrogens is 2. The van der Waals surface area contributed by atoms with Crippen molar-refractivity contribution in [3.05, 3.63) is 49.5 Å². The Morgan fingerprint density at radius 1 is 1.17 bits per heavy atom. The molecule has 4 rings (SSSR count). The largest absolute Gasteiger partial charge is 0.497 e. The first-order valence-electron chi connectivity index (χ1n) is 9.11. The zero-order valence-electron chi connectivity index (χ0n) is 16.6. The van der Waals surface area contributed by atoms with Crippen molar-refractivity contribution in [1.29, 1.82) is 0 Å². The van der Waals surface area contributed by atoms with E-state index in [1.807, 2.05) is 0 Å². The number of benzene rings is 1. The predicted octanol–water partition coefficient (Wildman–Crippen LogP) is 1.67. The number of carbonyl (C=O) groups excluding carboxylic acids is 1. The molecule has 2 aromatic heterocycles. The first-order chi connectivity index (χ1) is 13.9. The van der Waals surface area contributed by atoms with Crippen molar-refractivity contribution >= 4 is 27.5 Å². The number of hydrogen-bond acceptors (Lipinski definition) is 6. The molecule has 0 aliphatic carbocycles. The van der Waals surface area contributed by atoms with Gasteiger partial charge in [0.15, 0.2) is 0 Å². The molecule has 0 bridgehead atoms. The summed E-state index contributed by atoms with van der Waals surface area (Å²) < 4.78 is 13.3. The van der Waals surface area contributed by atoms with E-state index in [4.69, 9.17) is 9.47 Å². The van der Waals surface area contributed by atoms with E-state index < -0.39 is 5.69 Å². The normalized spacial score (nSPS) is 13.4. The summed E-state index contributed by atoms with van der Waals surface area (Å²) in [6, 6.07) is 4.96. The summed E-state index contributed by atoms with van der Waals surface area (Å²) in [5.74, 6) is 0.936. The molecule has 3 heterocycles. The maximum absolute atomic E-state index is 13.5. The Labute approximate surface area is 170 Å². The number of ether oxygens (including phenoxy) is 2. The summed E-state index contributed by atoms with van der Waals surface area (Å²) in [6.07, 6.45) is 0.585. The zero-order chi connectivity index (χ0) is 20.9. The highest BCUT2D eigenvalue weighted by Gasteiger charge is 2.27. The molecule has 0 spiro atoms. The van der Waals surface area contributed by atoms with Crippen LogP contribution in [0.5, 0.6) is 11.5 Å². The Hall–Kier alpha value is -3.07. The average Bonchev–Trinajstić information content (AvgIpc) is 3.11. The number of carbonyl (C=O) groups is 1. The van der Waals surface area contributed by atoms with Gasteiger partial charge >= 0.3 is 5.69 Å². The SMILES string of the molecule is COc1ccc(-n2c(=O)c3c4c(sc3n(C)c2=O)CN(C(C)=O)CC4)c(OC)c1. The van der Waals surface area contributed by atoms with E-state index in [-0.39, 0.29) is 11.5 Å². The van der Waals surface area contributed by atoms with Crippen LogP contribution in [0.1, 0.15) is 17.4 Å². The molecule has 9 heteroatoms. The van der Waals surface area contributed by atoms with E-state index in [9.17, 15) is 14.4 Å². The van der Waals surface area contributed by atoms with Crippen molar-refractivity contribution in [1.82, 2.24) is 14.0 Å². The van der Waals surface area contributed by atoms with Crippen LogP contribution < -0.4 is 20.7 Å². The first kappa shape index (κ1) is 19.3. The lowest BCUT2D eigenvalue weighted by Crippen LogP contribution is -2.38. The van der Waals surface area contributed by atoms with Gasteiger partial charge in [-0.2, -0.15) is 0 Å². The maximum Gasteiger partial charge on any atom is 0.336 e. The lowest BCUT2D eigenvalue weighted by Gasteiger charge is -2.25. The molecule has 0 radical (unpaired) electrons. The second-order valence-electron chi connectivity index (χ2n) is 6.89. The van der Waals surface area contributed by atoms with Crippen LogP contribution in [0.2, 0.25) is 0 Å². The smallest absolute Gasteiger partial charge is 0.336 e. The van der Waals surface area contributed by atoms with Gasteiger partial charge in [-0.1, -0.05) is 0 Å². The zero-order valence-corrected chi connectivity index (χ0v) is 17.5. The van der Waals surface area contributed by atoms with Crippen molar-refractivity contribution in [2.45, 2.75) is 19.9 Å². The van der Waals surface area contributed by atoms with Crippen LogP contribution in [0.4, 0.5) is 0 Å². The van der Waals surface area contributed by atoms with Crippen molar-refractivity contribution in [3.8, 4) is 17.2 Å². The third-order valence-electron chi connectivity index (χ3n) is 5.31. The molecule has 0 unspecified atom stereocenters. The minimum absolute atomic E-state index is 0.00220. The maximum atomic E-state index is 13.5. The van der Waals surface area contributed by atoms with Gasteiger partial charge in [0.05, 0.1) is 31.8 Å². The number of amides is 1. The van der Waals surface area contributed by atoms with Crippen molar-refractivity contribution in [2.75, 3.05) is 20.8 Å². The third kappa shape index (κ3) is 2.93. The number of aryl methyl sites for hydroxylation is 1. The van der Waals surface area contributed by atoms with Crippen molar-refractivity contribution in [3.63, 3.8) is 0 Å². The van der Waals surface area contributed by atoms with Crippen LogP contribution in [-0.4, -0.2) is 40.7 Å². The lowest BCUT2D eigenvalue weighted by atomic mass is 10.1. The van der Waals surface area contributed by atoms with Crippen LogP contribution in [0.15, 0.2) is 27.8 Å². The van der Waals surface area contributed by atoms with E-state index in [0.717, 1.165) is 15.0 Å². The fourth-order valence-electron chi connectivity index (χ4n) is 3.73. The van der Waals surface area contributed by atoms with Crippen molar-refractivity contribution < 1.29 is 14.3 Å². The molecule has 1 aliphatic heterocycles. The summed E-state index contributed by atoms with van der Waals surface area (Å²) >= 11 is 1.40. The standard InChI is InChI=1S/C20H21N3O5S/c1-11(24)22-8-7-13-16(10-22)29-19-17(13)18(25)23(20(26)21(19)2)14-6-5-12(27-3)9-15(14)28-4/h5-6,9H,7-8,10H2,1-4H3. The number of rotatable bonds is 3. The minimum Gasteiger partial charge on any atom is -0.497 e. The van der Waals surface area contributed by atoms with Crippen LogP contribution in [0.25, 0.3) is 15.9 Å². The monoisotopic (exact) mass is 415 g/mol. The number of methoxy groups -OCH3 is 2. The van der Waals surface area contributed by atoms with Crippen LogP contribution in [-0.2, 0) is 24.8 Å². The highest BCUT2D eigenvalue weighted by Crippen LogP contribution is 2.33. The number of thiophene rings is 1. The quantitative estimate of drug-likeness (QED) is 0.650. The molecule has 0 atom stereocenters. The van der Waals surface area contributed by atoms with E-state index in [2.05, 4.69) is 0 Å². The summed E-state index contributed by atoms with van der Waals surface area (Å²) in [6.45, 7) is 2.56. The van der Waals surface area contributed by atoms with Gasteiger partial charge in [-0.3, -0.25) is 14.2 Å². The molecule has 0 N–H and O–H groups in total. The Kier molecular flexibility index (Phi) is 4.70. The molecular weight excluding hydrogens is 394 g/mol. The molecular formula is C20H21N3O5S. The molecule has 1 aromatic carbocycles. The van der Waals surface area contributed by atoms with Crippen LogP contribution in [0, 0.1) is 0 Å². The molecule has 0 saturated heterocycles. The van der Waals surface area contributed by atoms with E-state index in [1.165, 1.54) is 37.0 Å². The Morgan fingerprint density at radius 3 is 2.59 bits per heavy atom. The van der Waals surface area contributed by atoms with Crippen molar-refractivity contribution in [2.24, 2.45) is 7.05 Å². The van der Waals surface area contributed by atoms with Gasteiger partial charge in [0.2, 0.25) is 5.91 Å².